The van der Waals surface area contributed by atoms with Crippen molar-refractivity contribution in [3.63, 3.8) is 0 Å². The van der Waals surface area contributed by atoms with E-state index in [9.17, 15) is 0 Å². The van der Waals surface area contributed by atoms with Gasteiger partial charge < -0.3 is 10.6 Å². The predicted molar refractivity (Wildman–Crippen MR) is 128 cm³/mol. The first-order valence-electron chi connectivity index (χ1n) is 11.4. The summed E-state index contributed by atoms with van der Waals surface area (Å²) >= 11 is 0. The van der Waals surface area contributed by atoms with Crippen molar-refractivity contribution in [2.24, 2.45) is 16.6 Å². The van der Waals surface area contributed by atoms with Crippen LogP contribution >= 0.6 is 0 Å². The molecule has 2 aliphatic carbocycles. The number of rotatable bonds is 3. The molecule has 3 heteroatoms. The Morgan fingerprint density at radius 3 is 2.07 bits per heavy atom. The minimum absolute atomic E-state index is 0.245. The number of fused-ring (bicyclic) bond motifs is 1. The first kappa shape index (κ1) is 26.2. The Morgan fingerprint density at radius 2 is 1.54 bits per heavy atom. The lowest BCUT2D eigenvalue weighted by Crippen LogP contribution is -2.34. The lowest BCUT2D eigenvalue weighted by Gasteiger charge is -2.29. The van der Waals surface area contributed by atoms with Crippen LogP contribution in [0, 0.1) is 5.92 Å². The largest absolute Gasteiger partial charge is 0.370 e. The number of hydrogen-bond acceptors (Lipinski definition) is 1. The minimum Gasteiger partial charge on any atom is -0.370 e. The molecular formula is C25H45N3. The molecule has 1 fully saturated rings. The molecule has 0 spiro atoms. The Bertz CT molecular complexity index is 581. The molecule has 3 nitrogen and oxygen atoms in total. The topological polar surface area (TPSA) is 41.6 Å². The molecule has 2 aliphatic rings. The summed E-state index contributed by atoms with van der Waals surface area (Å²) in [7, 11) is 3.93. The molecule has 0 heterocycles. The summed E-state index contributed by atoms with van der Waals surface area (Å²) in [6.07, 6.45) is 9.97. The zero-order valence-electron chi connectivity index (χ0n) is 19.8. The van der Waals surface area contributed by atoms with Crippen LogP contribution in [0.2, 0.25) is 0 Å². The summed E-state index contributed by atoms with van der Waals surface area (Å²) in [5, 5.41) is 0. The second kappa shape index (κ2) is 15.2. The summed E-state index contributed by atoms with van der Waals surface area (Å²) < 4.78 is 0. The van der Waals surface area contributed by atoms with E-state index in [1.165, 1.54) is 48.8 Å². The Labute approximate surface area is 175 Å². The quantitative estimate of drug-likeness (QED) is 0.473. The van der Waals surface area contributed by atoms with Gasteiger partial charge in [0.1, 0.15) is 0 Å². The number of benzene rings is 1. The summed E-state index contributed by atoms with van der Waals surface area (Å²) in [6, 6.07) is 8.93. The minimum atomic E-state index is 0.245. The van der Waals surface area contributed by atoms with E-state index in [0.29, 0.717) is 11.9 Å². The van der Waals surface area contributed by atoms with E-state index in [2.05, 4.69) is 30.3 Å². The van der Waals surface area contributed by atoms with Crippen LogP contribution in [0.15, 0.2) is 34.8 Å². The van der Waals surface area contributed by atoms with Gasteiger partial charge in [0.15, 0.2) is 5.96 Å². The zero-order valence-corrected chi connectivity index (χ0v) is 19.8. The van der Waals surface area contributed by atoms with E-state index in [-0.39, 0.29) is 6.04 Å². The van der Waals surface area contributed by atoms with Gasteiger partial charge in [0.2, 0.25) is 0 Å². The second-order valence-corrected chi connectivity index (χ2v) is 6.82. The fraction of sp³-hybridized carbons (Fsp3) is 0.640. The summed E-state index contributed by atoms with van der Waals surface area (Å²) in [5.41, 5.74) is 10.4. The first-order valence-corrected chi connectivity index (χ1v) is 11.4. The molecular weight excluding hydrogens is 342 g/mol. The van der Waals surface area contributed by atoms with Crippen molar-refractivity contribution in [2.45, 2.75) is 86.1 Å². The highest BCUT2D eigenvalue weighted by Crippen LogP contribution is 2.36. The van der Waals surface area contributed by atoms with Gasteiger partial charge in [-0.05, 0) is 41.9 Å². The summed E-state index contributed by atoms with van der Waals surface area (Å²) in [4.78, 5) is 6.83. The van der Waals surface area contributed by atoms with Crippen LogP contribution in [0.1, 0.15) is 84.8 Å². The molecule has 0 radical (unpaired) electrons. The Kier molecular flexibility index (Phi) is 14.2. The Balaban J connectivity index is 0.00000111. The standard InChI is InChI=1S/C19H27N3.3C2H6/c1-22(2)19(20)21-18(14-8-4-3-5-9-14)17-12-15-10-6-7-11-16(15)13-17;3*1-2/h6-7,10-12,14,18H,3-5,8-9,13H2,1-2H3,(H2,20,21);3*1-2H3. The fourth-order valence-electron chi connectivity index (χ4n) is 3.70. The van der Waals surface area contributed by atoms with Crippen molar-refractivity contribution in [1.82, 2.24) is 4.90 Å². The molecule has 0 saturated heterocycles. The van der Waals surface area contributed by atoms with Crippen LogP contribution in [-0.4, -0.2) is 31.0 Å². The van der Waals surface area contributed by atoms with Crippen LogP contribution in [0.25, 0.3) is 6.08 Å². The molecule has 0 bridgehead atoms. The number of nitrogens with two attached hydrogens (primary N) is 1. The summed E-state index contributed by atoms with van der Waals surface area (Å²) in [5.74, 6) is 1.29. The van der Waals surface area contributed by atoms with E-state index in [4.69, 9.17) is 10.7 Å². The predicted octanol–water partition coefficient (Wildman–Crippen LogP) is 6.53. The van der Waals surface area contributed by atoms with E-state index in [1.807, 2.05) is 60.5 Å². The zero-order chi connectivity index (χ0) is 21.5. The SMILES string of the molecule is CC.CC.CC.CN(C)C(N)=NC(C1=Cc2ccccc2C1)C1CCCCC1. The molecule has 0 aromatic heterocycles. The maximum Gasteiger partial charge on any atom is 0.191 e. The van der Waals surface area contributed by atoms with E-state index < -0.39 is 0 Å². The molecule has 1 aromatic carbocycles. The van der Waals surface area contributed by atoms with Gasteiger partial charge in [-0.2, -0.15) is 0 Å². The smallest absolute Gasteiger partial charge is 0.191 e. The highest BCUT2D eigenvalue weighted by Gasteiger charge is 2.29. The maximum atomic E-state index is 6.15. The maximum absolute atomic E-state index is 6.15. The van der Waals surface area contributed by atoms with Gasteiger partial charge in [0.25, 0.3) is 0 Å². The average molecular weight is 388 g/mol. The summed E-state index contributed by atoms with van der Waals surface area (Å²) in [6.45, 7) is 12.0. The second-order valence-electron chi connectivity index (χ2n) is 6.82. The fourth-order valence-corrected chi connectivity index (χ4v) is 3.70. The molecule has 2 N–H and O–H groups in total. The number of guanidine groups is 1. The molecule has 28 heavy (non-hydrogen) atoms. The van der Waals surface area contributed by atoms with Gasteiger partial charge in [-0.1, -0.05) is 91.1 Å². The molecule has 0 amide bonds. The van der Waals surface area contributed by atoms with Crippen LogP contribution < -0.4 is 5.73 Å². The van der Waals surface area contributed by atoms with E-state index in [1.54, 1.807) is 0 Å². The third-order valence-corrected chi connectivity index (χ3v) is 5.00. The van der Waals surface area contributed by atoms with Crippen LogP contribution in [0.4, 0.5) is 0 Å². The Morgan fingerprint density at radius 1 is 0.964 bits per heavy atom. The molecule has 1 aromatic rings. The highest BCUT2D eigenvalue weighted by atomic mass is 15.2. The molecule has 1 saturated carbocycles. The number of nitrogens with zero attached hydrogens (tertiary/aromatic N) is 2. The number of aliphatic imine (C=N–C) groups is 1. The van der Waals surface area contributed by atoms with Gasteiger partial charge >= 0.3 is 0 Å². The monoisotopic (exact) mass is 387 g/mol. The van der Waals surface area contributed by atoms with Gasteiger partial charge in [0.05, 0.1) is 6.04 Å². The highest BCUT2D eigenvalue weighted by molar-refractivity contribution is 5.78. The van der Waals surface area contributed by atoms with Crippen molar-refractivity contribution in [3.05, 3.63) is 41.0 Å². The first-order chi connectivity index (χ1) is 13.6. The molecule has 0 aliphatic heterocycles. The number of hydrogen-bond donors (Lipinski definition) is 1. The van der Waals surface area contributed by atoms with Gasteiger partial charge in [-0.3, -0.25) is 0 Å². The molecule has 1 atom stereocenters. The van der Waals surface area contributed by atoms with Gasteiger partial charge in [-0.15, -0.1) is 0 Å². The van der Waals surface area contributed by atoms with Gasteiger partial charge in [0, 0.05) is 14.1 Å². The van der Waals surface area contributed by atoms with E-state index >= 15 is 0 Å². The molecule has 160 valence electrons. The third-order valence-electron chi connectivity index (χ3n) is 5.00. The lowest BCUT2D eigenvalue weighted by molar-refractivity contribution is 0.324. The lowest BCUT2D eigenvalue weighted by atomic mass is 9.81. The van der Waals surface area contributed by atoms with E-state index in [0.717, 1.165) is 6.42 Å². The van der Waals surface area contributed by atoms with Crippen molar-refractivity contribution < 1.29 is 0 Å². The van der Waals surface area contributed by atoms with Crippen LogP contribution in [-0.2, 0) is 6.42 Å². The average Bonchev–Trinajstić information content (AvgIpc) is 3.20. The van der Waals surface area contributed by atoms with Crippen LogP contribution in [0.3, 0.4) is 0 Å². The normalized spacial score (nSPS) is 16.7. The van der Waals surface area contributed by atoms with Crippen molar-refractivity contribution >= 4 is 12.0 Å². The van der Waals surface area contributed by atoms with Gasteiger partial charge in [-0.25, -0.2) is 4.99 Å². The van der Waals surface area contributed by atoms with Crippen molar-refractivity contribution in [3.8, 4) is 0 Å². The molecule has 3 rings (SSSR count). The Hall–Kier alpha value is -1.77. The van der Waals surface area contributed by atoms with Crippen molar-refractivity contribution in [2.75, 3.05) is 14.1 Å². The van der Waals surface area contributed by atoms with Crippen LogP contribution in [0.5, 0.6) is 0 Å². The molecule has 1 unspecified atom stereocenters. The van der Waals surface area contributed by atoms with Crippen molar-refractivity contribution in [1.29, 1.82) is 0 Å². The third kappa shape index (κ3) is 7.69.